The van der Waals surface area contributed by atoms with Crippen molar-refractivity contribution in [2.45, 2.75) is 13.8 Å². The van der Waals surface area contributed by atoms with Gasteiger partial charge in [0.05, 0.1) is 11.2 Å². The molecule has 0 unspecified atom stereocenters. The van der Waals surface area contributed by atoms with Crippen LogP contribution in [0, 0.1) is 19.7 Å². The SMILES string of the molecule is Cc1cc(C=Nn2cnnc2)c(C)n1-c1ccc(F)c(Cl)c1. The number of aryl methyl sites for hydroxylation is 1. The van der Waals surface area contributed by atoms with Crippen LogP contribution in [0.5, 0.6) is 0 Å². The van der Waals surface area contributed by atoms with Gasteiger partial charge in [-0.05, 0) is 38.1 Å². The van der Waals surface area contributed by atoms with Crippen LogP contribution in [0.3, 0.4) is 0 Å². The van der Waals surface area contributed by atoms with Crippen molar-refractivity contribution >= 4 is 17.8 Å². The topological polar surface area (TPSA) is 48.0 Å². The van der Waals surface area contributed by atoms with E-state index in [0.29, 0.717) is 0 Å². The molecule has 0 saturated carbocycles. The summed E-state index contributed by atoms with van der Waals surface area (Å²) in [5, 5.41) is 11.7. The van der Waals surface area contributed by atoms with Gasteiger partial charge in [0.1, 0.15) is 18.5 Å². The predicted molar refractivity (Wildman–Crippen MR) is 83.2 cm³/mol. The Balaban J connectivity index is 2.01. The Morgan fingerprint density at radius 1 is 1.18 bits per heavy atom. The number of halogens is 2. The van der Waals surface area contributed by atoms with Crippen molar-refractivity contribution in [3.63, 3.8) is 0 Å². The number of aromatic nitrogens is 4. The van der Waals surface area contributed by atoms with Crippen molar-refractivity contribution in [2.75, 3.05) is 0 Å². The van der Waals surface area contributed by atoms with Crippen LogP contribution in [-0.4, -0.2) is 25.7 Å². The van der Waals surface area contributed by atoms with Gasteiger partial charge < -0.3 is 4.57 Å². The molecule has 0 aliphatic carbocycles. The largest absolute Gasteiger partial charge is 0.318 e. The highest BCUT2D eigenvalue weighted by Gasteiger charge is 2.11. The van der Waals surface area contributed by atoms with Crippen molar-refractivity contribution in [3.8, 4) is 5.69 Å². The van der Waals surface area contributed by atoms with Gasteiger partial charge in [0.15, 0.2) is 0 Å². The molecule has 2 aromatic heterocycles. The zero-order valence-corrected chi connectivity index (χ0v) is 12.8. The Kier molecular flexibility index (Phi) is 3.77. The van der Waals surface area contributed by atoms with E-state index in [2.05, 4.69) is 15.3 Å². The molecule has 5 nitrogen and oxygen atoms in total. The molecule has 0 aliphatic heterocycles. The third-order valence-corrected chi connectivity index (χ3v) is 3.66. The summed E-state index contributed by atoms with van der Waals surface area (Å²) in [5.41, 5.74) is 3.75. The third-order valence-electron chi connectivity index (χ3n) is 3.37. The van der Waals surface area contributed by atoms with Crippen LogP contribution in [0.2, 0.25) is 5.02 Å². The Morgan fingerprint density at radius 2 is 1.91 bits per heavy atom. The maximum Gasteiger partial charge on any atom is 0.141 e. The average Bonchev–Trinajstić information content (AvgIpc) is 3.09. The molecule has 2 heterocycles. The van der Waals surface area contributed by atoms with Gasteiger partial charge in [0.25, 0.3) is 0 Å². The summed E-state index contributed by atoms with van der Waals surface area (Å²) in [6, 6.07) is 6.67. The first-order chi connectivity index (χ1) is 10.6. The van der Waals surface area contributed by atoms with Gasteiger partial charge in [-0.2, -0.15) is 5.10 Å². The minimum atomic E-state index is -0.428. The number of hydrogen-bond acceptors (Lipinski definition) is 3. The second-order valence-electron chi connectivity index (χ2n) is 4.85. The molecule has 0 N–H and O–H groups in total. The molecule has 112 valence electrons. The van der Waals surface area contributed by atoms with Gasteiger partial charge in [-0.25, -0.2) is 9.07 Å². The molecule has 7 heteroatoms. The fourth-order valence-corrected chi connectivity index (χ4v) is 2.50. The first kappa shape index (κ1) is 14.5. The quantitative estimate of drug-likeness (QED) is 0.695. The van der Waals surface area contributed by atoms with E-state index in [1.807, 2.05) is 24.5 Å². The van der Waals surface area contributed by atoms with Crippen LogP contribution in [0.4, 0.5) is 4.39 Å². The highest BCUT2D eigenvalue weighted by molar-refractivity contribution is 6.30. The van der Waals surface area contributed by atoms with Gasteiger partial charge in [0.2, 0.25) is 0 Å². The first-order valence-corrected chi connectivity index (χ1v) is 6.97. The van der Waals surface area contributed by atoms with Crippen molar-refractivity contribution in [2.24, 2.45) is 5.10 Å². The molecule has 3 rings (SSSR count). The lowest BCUT2D eigenvalue weighted by Crippen LogP contribution is -2.00. The van der Waals surface area contributed by atoms with E-state index in [0.717, 1.165) is 22.6 Å². The molecular weight excluding hydrogens is 305 g/mol. The lowest BCUT2D eigenvalue weighted by Gasteiger charge is -2.10. The maximum absolute atomic E-state index is 13.3. The summed E-state index contributed by atoms with van der Waals surface area (Å²) in [7, 11) is 0. The van der Waals surface area contributed by atoms with Crippen LogP contribution >= 0.6 is 11.6 Å². The van der Waals surface area contributed by atoms with E-state index in [4.69, 9.17) is 11.6 Å². The molecule has 0 amide bonds. The highest BCUT2D eigenvalue weighted by atomic mass is 35.5. The van der Waals surface area contributed by atoms with E-state index in [9.17, 15) is 4.39 Å². The standard InChI is InChI=1S/C15H13ClFN5/c1-10-5-12(7-20-21-8-18-19-9-21)11(2)22(10)13-3-4-15(17)14(16)6-13/h3-9H,1-2H3. The first-order valence-electron chi connectivity index (χ1n) is 6.59. The molecule has 1 aromatic carbocycles. The van der Waals surface area contributed by atoms with E-state index >= 15 is 0 Å². The maximum atomic E-state index is 13.3. The van der Waals surface area contributed by atoms with Crippen LogP contribution in [0.15, 0.2) is 42.0 Å². The van der Waals surface area contributed by atoms with Gasteiger partial charge in [-0.3, -0.25) is 0 Å². The summed E-state index contributed by atoms with van der Waals surface area (Å²) in [6.45, 7) is 3.94. The Labute approximate surface area is 131 Å². The normalized spacial score (nSPS) is 11.5. The fraction of sp³-hybridized carbons (Fsp3) is 0.133. The molecule has 0 fully saturated rings. The van der Waals surface area contributed by atoms with Crippen molar-refractivity contribution < 1.29 is 4.39 Å². The van der Waals surface area contributed by atoms with E-state index in [1.54, 1.807) is 18.3 Å². The Morgan fingerprint density at radius 3 is 2.59 bits per heavy atom. The lowest BCUT2D eigenvalue weighted by molar-refractivity contribution is 0.627. The number of nitrogens with zero attached hydrogens (tertiary/aromatic N) is 5. The smallest absolute Gasteiger partial charge is 0.141 e. The van der Waals surface area contributed by atoms with Crippen LogP contribution in [0.25, 0.3) is 5.69 Å². The monoisotopic (exact) mass is 317 g/mol. The van der Waals surface area contributed by atoms with E-state index in [-0.39, 0.29) is 5.02 Å². The molecule has 3 aromatic rings. The predicted octanol–water partition coefficient (Wildman–Crippen LogP) is 3.36. The third kappa shape index (κ3) is 2.65. The summed E-state index contributed by atoms with van der Waals surface area (Å²) in [5.74, 6) is -0.428. The zero-order chi connectivity index (χ0) is 15.7. The van der Waals surface area contributed by atoms with E-state index < -0.39 is 5.82 Å². The molecule has 0 saturated heterocycles. The second-order valence-corrected chi connectivity index (χ2v) is 5.25. The summed E-state index contributed by atoms with van der Waals surface area (Å²) in [6.07, 6.45) is 4.75. The Bertz CT molecular complexity index is 836. The summed E-state index contributed by atoms with van der Waals surface area (Å²) < 4.78 is 16.8. The molecule has 0 bridgehead atoms. The lowest BCUT2D eigenvalue weighted by atomic mass is 10.2. The van der Waals surface area contributed by atoms with Crippen molar-refractivity contribution in [1.29, 1.82) is 0 Å². The number of hydrogen-bond donors (Lipinski definition) is 0. The Hall–Kier alpha value is -2.47. The van der Waals surface area contributed by atoms with Gasteiger partial charge >= 0.3 is 0 Å². The zero-order valence-electron chi connectivity index (χ0n) is 12.0. The van der Waals surface area contributed by atoms with Gasteiger partial charge in [-0.1, -0.05) is 11.6 Å². The van der Waals surface area contributed by atoms with Crippen molar-refractivity contribution in [1.82, 2.24) is 19.4 Å². The highest BCUT2D eigenvalue weighted by Crippen LogP contribution is 2.24. The fourth-order valence-electron chi connectivity index (χ4n) is 2.32. The summed E-state index contributed by atoms with van der Waals surface area (Å²) in [4.78, 5) is 0. The van der Waals surface area contributed by atoms with Crippen LogP contribution in [0.1, 0.15) is 17.0 Å². The average molecular weight is 318 g/mol. The molecule has 0 aliphatic rings. The molecule has 0 atom stereocenters. The molecule has 0 spiro atoms. The number of benzene rings is 1. The van der Waals surface area contributed by atoms with Crippen LogP contribution < -0.4 is 0 Å². The van der Waals surface area contributed by atoms with Crippen molar-refractivity contribution in [3.05, 3.63) is 64.7 Å². The van der Waals surface area contributed by atoms with Gasteiger partial charge in [0, 0.05) is 22.6 Å². The molecular formula is C15H13ClFN5. The number of rotatable bonds is 3. The summed E-state index contributed by atoms with van der Waals surface area (Å²) >= 11 is 5.87. The molecule has 22 heavy (non-hydrogen) atoms. The van der Waals surface area contributed by atoms with Gasteiger partial charge in [-0.15, -0.1) is 10.2 Å². The molecule has 0 radical (unpaired) electrons. The minimum Gasteiger partial charge on any atom is -0.318 e. The minimum absolute atomic E-state index is 0.102. The van der Waals surface area contributed by atoms with Crippen LogP contribution in [-0.2, 0) is 0 Å². The second kappa shape index (κ2) is 5.73. The van der Waals surface area contributed by atoms with E-state index in [1.165, 1.54) is 23.4 Å².